The molecule has 2 N–H and O–H groups in total. The van der Waals surface area contributed by atoms with Crippen LogP contribution in [0.25, 0.3) is 0 Å². The fourth-order valence-corrected chi connectivity index (χ4v) is 2.35. The van der Waals surface area contributed by atoms with Crippen molar-refractivity contribution in [1.29, 1.82) is 0 Å². The number of ether oxygens (including phenoxy) is 1. The number of benzene rings is 2. The molecule has 2 rings (SSSR count). The summed E-state index contributed by atoms with van der Waals surface area (Å²) in [5, 5.41) is 5.19. The van der Waals surface area contributed by atoms with Crippen LogP contribution < -0.4 is 15.4 Å². The van der Waals surface area contributed by atoms with Gasteiger partial charge in [-0.15, -0.1) is 0 Å². The summed E-state index contributed by atoms with van der Waals surface area (Å²) in [6.45, 7) is 0.0853. The lowest BCUT2D eigenvalue weighted by Gasteiger charge is -2.12. The third kappa shape index (κ3) is 7.16. The first-order valence-corrected chi connectivity index (χ1v) is 9.22. The fourth-order valence-electron chi connectivity index (χ4n) is 2.35. The van der Waals surface area contributed by atoms with Crippen LogP contribution in [-0.2, 0) is 9.59 Å². The lowest BCUT2D eigenvalue weighted by molar-refractivity contribution is -0.130. The van der Waals surface area contributed by atoms with E-state index in [2.05, 4.69) is 10.6 Å². The van der Waals surface area contributed by atoms with Crippen molar-refractivity contribution < 1.29 is 27.9 Å². The minimum atomic E-state index is -0.941. The Morgan fingerprint density at radius 1 is 1.03 bits per heavy atom. The molecular formula is C21H23F2N3O4. The average Bonchev–Trinajstić information content (AvgIpc) is 2.70. The lowest BCUT2D eigenvalue weighted by Crippen LogP contribution is -2.27. The van der Waals surface area contributed by atoms with Crippen molar-refractivity contribution in [3.05, 3.63) is 59.7 Å². The molecular weight excluding hydrogens is 396 g/mol. The van der Waals surface area contributed by atoms with Gasteiger partial charge in [-0.1, -0.05) is 0 Å². The highest BCUT2D eigenvalue weighted by molar-refractivity contribution is 5.94. The second-order valence-corrected chi connectivity index (χ2v) is 6.63. The molecule has 30 heavy (non-hydrogen) atoms. The number of anilines is 1. The molecule has 0 fully saturated rings. The fraction of sp³-hybridized carbons (Fsp3) is 0.286. The first kappa shape index (κ1) is 22.8. The number of likely N-dealkylation sites (N-methyl/N-ethyl adjacent to an activating group) is 1. The highest BCUT2D eigenvalue weighted by Gasteiger charge is 2.12. The Balaban J connectivity index is 1.70. The molecule has 160 valence electrons. The molecule has 0 aliphatic heterocycles. The molecule has 0 aliphatic carbocycles. The zero-order chi connectivity index (χ0) is 22.1. The summed E-state index contributed by atoms with van der Waals surface area (Å²) in [4.78, 5) is 36.8. The van der Waals surface area contributed by atoms with E-state index < -0.39 is 17.5 Å². The Labute approximate surface area is 173 Å². The smallest absolute Gasteiger partial charge is 0.259 e. The van der Waals surface area contributed by atoms with Gasteiger partial charge in [-0.25, -0.2) is 8.78 Å². The highest BCUT2D eigenvalue weighted by atomic mass is 19.1. The number of nitrogens with zero attached hydrogens (tertiary/aromatic N) is 1. The summed E-state index contributed by atoms with van der Waals surface area (Å²) in [6, 6.07) is 9.27. The van der Waals surface area contributed by atoms with Crippen LogP contribution in [0.4, 0.5) is 14.5 Å². The molecule has 0 aromatic heterocycles. The summed E-state index contributed by atoms with van der Waals surface area (Å²) < 4.78 is 31.8. The molecule has 0 radical (unpaired) electrons. The molecule has 0 heterocycles. The van der Waals surface area contributed by atoms with Gasteiger partial charge in [-0.3, -0.25) is 14.4 Å². The maximum Gasteiger partial charge on any atom is 0.259 e. The Kier molecular flexibility index (Phi) is 8.28. The molecule has 0 bridgehead atoms. The maximum absolute atomic E-state index is 13.5. The Morgan fingerprint density at radius 2 is 1.73 bits per heavy atom. The molecule has 0 saturated heterocycles. The Morgan fingerprint density at radius 3 is 2.37 bits per heavy atom. The van der Waals surface area contributed by atoms with Crippen molar-refractivity contribution >= 4 is 23.4 Å². The van der Waals surface area contributed by atoms with Gasteiger partial charge in [0.05, 0.1) is 5.56 Å². The molecule has 0 aliphatic rings. The molecule has 2 aromatic carbocycles. The third-order valence-electron chi connectivity index (χ3n) is 4.04. The van der Waals surface area contributed by atoms with E-state index in [4.69, 9.17) is 4.74 Å². The maximum atomic E-state index is 13.5. The van der Waals surface area contributed by atoms with Crippen LogP contribution in [0.5, 0.6) is 5.75 Å². The first-order chi connectivity index (χ1) is 14.3. The number of carbonyl (C=O) groups excluding carboxylic acids is 3. The third-order valence-corrected chi connectivity index (χ3v) is 4.04. The van der Waals surface area contributed by atoms with Crippen molar-refractivity contribution in [3.63, 3.8) is 0 Å². The van der Waals surface area contributed by atoms with Gasteiger partial charge in [0.25, 0.3) is 11.8 Å². The van der Waals surface area contributed by atoms with Gasteiger partial charge in [-0.05, 0) is 42.8 Å². The number of hydrogen-bond donors (Lipinski definition) is 2. The van der Waals surface area contributed by atoms with Crippen LogP contribution in [0.15, 0.2) is 42.5 Å². The van der Waals surface area contributed by atoms with Gasteiger partial charge in [0.1, 0.15) is 17.4 Å². The number of hydrogen-bond acceptors (Lipinski definition) is 4. The van der Waals surface area contributed by atoms with E-state index in [9.17, 15) is 23.2 Å². The molecule has 0 spiro atoms. The number of rotatable bonds is 9. The number of nitrogens with one attached hydrogen (secondary N) is 2. The van der Waals surface area contributed by atoms with Gasteiger partial charge in [-0.2, -0.15) is 0 Å². The van der Waals surface area contributed by atoms with Crippen LogP contribution >= 0.6 is 0 Å². The van der Waals surface area contributed by atoms with Crippen molar-refractivity contribution in [2.75, 3.05) is 32.6 Å². The standard InChI is InChI=1S/C21H23F2N3O4/c1-26(2)20(28)13-30-16-8-6-15(7-9-16)25-19(27)4-3-11-24-21(29)17-10-5-14(22)12-18(17)23/h5-10,12H,3-4,11,13H2,1-2H3,(H,24,29)(H,25,27). The average molecular weight is 419 g/mol. The van der Waals surface area contributed by atoms with E-state index in [1.807, 2.05) is 0 Å². The van der Waals surface area contributed by atoms with Crippen molar-refractivity contribution in [3.8, 4) is 5.75 Å². The van der Waals surface area contributed by atoms with Crippen LogP contribution in [0.2, 0.25) is 0 Å². The lowest BCUT2D eigenvalue weighted by atomic mass is 10.2. The van der Waals surface area contributed by atoms with Crippen LogP contribution in [0, 0.1) is 11.6 Å². The normalized spacial score (nSPS) is 10.3. The van der Waals surface area contributed by atoms with Crippen LogP contribution in [0.3, 0.4) is 0 Å². The van der Waals surface area contributed by atoms with E-state index in [1.165, 1.54) is 4.90 Å². The molecule has 0 saturated carbocycles. The number of halogens is 2. The summed E-state index contributed by atoms with van der Waals surface area (Å²) in [6.07, 6.45) is 0.482. The predicted octanol–water partition coefficient (Wildman–Crippen LogP) is 2.58. The van der Waals surface area contributed by atoms with Gasteiger partial charge in [0.15, 0.2) is 6.61 Å². The second kappa shape index (κ2) is 10.9. The van der Waals surface area contributed by atoms with E-state index in [0.29, 0.717) is 23.9 Å². The van der Waals surface area contributed by atoms with Gasteiger partial charge >= 0.3 is 0 Å². The van der Waals surface area contributed by atoms with E-state index in [0.717, 1.165) is 12.1 Å². The first-order valence-electron chi connectivity index (χ1n) is 9.22. The van der Waals surface area contributed by atoms with Gasteiger partial charge in [0, 0.05) is 38.8 Å². The largest absolute Gasteiger partial charge is 0.484 e. The van der Waals surface area contributed by atoms with Crippen LogP contribution in [-0.4, -0.2) is 49.9 Å². The Bertz CT molecular complexity index is 902. The molecule has 0 atom stereocenters. The van der Waals surface area contributed by atoms with Gasteiger partial charge in [0.2, 0.25) is 5.91 Å². The number of carbonyl (C=O) groups is 3. The van der Waals surface area contributed by atoms with E-state index >= 15 is 0 Å². The molecule has 3 amide bonds. The molecule has 9 heteroatoms. The summed E-state index contributed by atoms with van der Waals surface area (Å²) in [7, 11) is 3.27. The topological polar surface area (TPSA) is 87.7 Å². The van der Waals surface area contributed by atoms with Crippen LogP contribution in [0.1, 0.15) is 23.2 Å². The van der Waals surface area contributed by atoms with E-state index in [1.54, 1.807) is 38.4 Å². The van der Waals surface area contributed by atoms with Gasteiger partial charge < -0.3 is 20.3 Å². The summed E-state index contributed by atoms with van der Waals surface area (Å²) in [5.41, 5.74) is 0.305. The van der Waals surface area contributed by atoms with E-state index in [-0.39, 0.29) is 37.0 Å². The van der Waals surface area contributed by atoms with Crippen molar-refractivity contribution in [2.24, 2.45) is 0 Å². The monoisotopic (exact) mass is 419 g/mol. The minimum Gasteiger partial charge on any atom is -0.484 e. The minimum absolute atomic E-state index is 0.0771. The molecule has 7 nitrogen and oxygen atoms in total. The predicted molar refractivity (Wildman–Crippen MR) is 107 cm³/mol. The SMILES string of the molecule is CN(C)C(=O)COc1ccc(NC(=O)CCCNC(=O)c2ccc(F)cc2F)cc1. The van der Waals surface area contributed by atoms with Crippen molar-refractivity contribution in [1.82, 2.24) is 10.2 Å². The quantitative estimate of drug-likeness (QED) is 0.612. The highest BCUT2D eigenvalue weighted by Crippen LogP contribution is 2.16. The zero-order valence-corrected chi connectivity index (χ0v) is 16.7. The Hall–Kier alpha value is -3.49. The number of amides is 3. The summed E-state index contributed by atoms with van der Waals surface area (Å²) >= 11 is 0. The van der Waals surface area contributed by atoms with Crippen molar-refractivity contribution in [2.45, 2.75) is 12.8 Å². The molecule has 2 aromatic rings. The summed E-state index contributed by atoms with van der Waals surface area (Å²) in [5.74, 6) is -2.29. The zero-order valence-electron chi connectivity index (χ0n) is 16.7. The molecule has 0 unspecified atom stereocenters. The second-order valence-electron chi connectivity index (χ2n) is 6.63.